The van der Waals surface area contributed by atoms with E-state index in [4.69, 9.17) is 0 Å². The molecule has 0 saturated carbocycles. The van der Waals surface area contributed by atoms with Crippen LogP contribution in [0.4, 0.5) is 13.2 Å². The summed E-state index contributed by atoms with van der Waals surface area (Å²) in [6, 6.07) is 12.4. The number of alkyl halides is 3. The Balaban J connectivity index is 2.39. The second-order valence-corrected chi connectivity index (χ2v) is 4.89. The fraction of sp³-hybridized carbons (Fsp3) is 0.375. The molecule has 4 heteroatoms. The van der Waals surface area contributed by atoms with Gasteiger partial charge in [-0.15, -0.1) is 0 Å². The minimum atomic E-state index is -4.18. The zero-order chi connectivity index (χ0) is 14.6. The summed E-state index contributed by atoms with van der Waals surface area (Å²) in [6.07, 6.45) is -4.22. The van der Waals surface area contributed by atoms with Crippen LogP contribution in [-0.4, -0.2) is 12.7 Å². The fourth-order valence-electron chi connectivity index (χ4n) is 2.40. The van der Waals surface area contributed by atoms with Crippen molar-refractivity contribution < 1.29 is 13.2 Å². The molecular formula is C16H18F3N. The van der Waals surface area contributed by atoms with Crippen LogP contribution in [0.25, 0.3) is 10.8 Å². The van der Waals surface area contributed by atoms with E-state index in [1.54, 1.807) is 6.07 Å². The van der Waals surface area contributed by atoms with E-state index in [0.29, 0.717) is 12.1 Å². The van der Waals surface area contributed by atoms with Gasteiger partial charge in [0.15, 0.2) is 0 Å². The molecule has 0 radical (unpaired) electrons. The van der Waals surface area contributed by atoms with Gasteiger partial charge in [-0.25, -0.2) is 0 Å². The highest BCUT2D eigenvalue weighted by molar-refractivity contribution is 5.86. The summed E-state index contributed by atoms with van der Waals surface area (Å²) in [4.78, 5) is 0. The highest BCUT2D eigenvalue weighted by Gasteiger charge is 2.32. The molecule has 0 fully saturated rings. The number of rotatable bonds is 5. The summed E-state index contributed by atoms with van der Waals surface area (Å²) in [6.45, 7) is 2.52. The first-order valence-electron chi connectivity index (χ1n) is 6.79. The normalized spacial score (nSPS) is 13.6. The van der Waals surface area contributed by atoms with E-state index in [9.17, 15) is 13.2 Å². The molecule has 2 aromatic rings. The highest BCUT2D eigenvalue weighted by Crippen LogP contribution is 2.33. The third kappa shape index (κ3) is 3.73. The molecule has 0 aliphatic rings. The second-order valence-electron chi connectivity index (χ2n) is 4.89. The van der Waals surface area contributed by atoms with Crippen LogP contribution in [0.2, 0.25) is 0 Å². The van der Waals surface area contributed by atoms with Crippen molar-refractivity contribution >= 4 is 10.8 Å². The van der Waals surface area contributed by atoms with Gasteiger partial charge in [0.25, 0.3) is 0 Å². The van der Waals surface area contributed by atoms with Crippen LogP contribution in [-0.2, 0) is 0 Å². The number of fused-ring (bicyclic) bond motifs is 1. The Labute approximate surface area is 116 Å². The van der Waals surface area contributed by atoms with Crippen molar-refractivity contribution in [3.8, 4) is 0 Å². The molecule has 0 spiro atoms. The summed E-state index contributed by atoms with van der Waals surface area (Å²) >= 11 is 0. The van der Waals surface area contributed by atoms with E-state index in [1.165, 1.54) is 0 Å². The zero-order valence-corrected chi connectivity index (χ0v) is 11.4. The maximum atomic E-state index is 12.8. The molecule has 20 heavy (non-hydrogen) atoms. The standard InChI is InChI=1S/C16H18F3N/c1-2-10-20-15(11-16(17,18)19)14-9-5-7-12-6-3-4-8-13(12)14/h3-9,15,20H,2,10-11H2,1H3. The minimum absolute atomic E-state index is 0.573. The molecule has 0 aromatic heterocycles. The minimum Gasteiger partial charge on any atom is -0.310 e. The molecule has 0 bridgehead atoms. The summed E-state index contributed by atoms with van der Waals surface area (Å²) in [7, 11) is 0. The Bertz CT molecular complexity index is 558. The Morgan fingerprint density at radius 1 is 1.05 bits per heavy atom. The van der Waals surface area contributed by atoms with E-state index in [1.807, 2.05) is 43.3 Å². The molecule has 0 aliphatic carbocycles. The summed E-state index contributed by atoms with van der Waals surface area (Å²) in [5.41, 5.74) is 0.717. The van der Waals surface area contributed by atoms with Crippen LogP contribution < -0.4 is 5.32 Å². The Kier molecular flexibility index (Phi) is 4.65. The Hall–Kier alpha value is -1.55. The maximum Gasteiger partial charge on any atom is 0.390 e. The monoisotopic (exact) mass is 281 g/mol. The fourth-order valence-corrected chi connectivity index (χ4v) is 2.40. The largest absolute Gasteiger partial charge is 0.390 e. The lowest BCUT2D eigenvalue weighted by Crippen LogP contribution is -2.27. The molecule has 1 N–H and O–H groups in total. The number of hydrogen-bond donors (Lipinski definition) is 1. The molecule has 2 rings (SSSR count). The van der Waals surface area contributed by atoms with E-state index < -0.39 is 18.6 Å². The number of benzene rings is 2. The van der Waals surface area contributed by atoms with Crippen LogP contribution in [0.15, 0.2) is 42.5 Å². The van der Waals surface area contributed by atoms with Crippen molar-refractivity contribution in [1.82, 2.24) is 5.32 Å². The topological polar surface area (TPSA) is 12.0 Å². The maximum absolute atomic E-state index is 12.8. The highest BCUT2D eigenvalue weighted by atomic mass is 19.4. The smallest absolute Gasteiger partial charge is 0.310 e. The SMILES string of the molecule is CCCNC(CC(F)(F)F)c1cccc2ccccc12. The van der Waals surface area contributed by atoms with Crippen LogP contribution in [0.1, 0.15) is 31.4 Å². The Morgan fingerprint density at radius 3 is 2.45 bits per heavy atom. The van der Waals surface area contributed by atoms with Gasteiger partial charge in [0.1, 0.15) is 0 Å². The summed E-state index contributed by atoms with van der Waals surface area (Å²) < 4.78 is 38.3. The molecule has 108 valence electrons. The lowest BCUT2D eigenvalue weighted by Gasteiger charge is -2.22. The number of hydrogen-bond acceptors (Lipinski definition) is 1. The van der Waals surface area contributed by atoms with E-state index >= 15 is 0 Å². The average Bonchev–Trinajstić information content (AvgIpc) is 2.41. The van der Waals surface area contributed by atoms with Gasteiger partial charge in [-0.05, 0) is 29.3 Å². The molecular weight excluding hydrogens is 263 g/mol. The van der Waals surface area contributed by atoms with Gasteiger partial charge >= 0.3 is 6.18 Å². The molecule has 0 heterocycles. The van der Waals surface area contributed by atoms with Crippen molar-refractivity contribution in [3.63, 3.8) is 0 Å². The average molecular weight is 281 g/mol. The number of nitrogens with one attached hydrogen (secondary N) is 1. The third-order valence-corrected chi connectivity index (χ3v) is 3.28. The van der Waals surface area contributed by atoms with Crippen LogP contribution in [0.5, 0.6) is 0 Å². The van der Waals surface area contributed by atoms with Crippen LogP contribution in [0.3, 0.4) is 0 Å². The van der Waals surface area contributed by atoms with Crippen molar-refractivity contribution in [2.24, 2.45) is 0 Å². The van der Waals surface area contributed by atoms with Crippen molar-refractivity contribution in [1.29, 1.82) is 0 Å². The lowest BCUT2D eigenvalue weighted by atomic mass is 9.96. The van der Waals surface area contributed by atoms with Gasteiger partial charge in [0.05, 0.1) is 6.42 Å². The van der Waals surface area contributed by atoms with E-state index in [-0.39, 0.29) is 0 Å². The summed E-state index contributed by atoms with van der Waals surface area (Å²) in [5.74, 6) is 0. The quantitative estimate of drug-likeness (QED) is 0.827. The first-order chi connectivity index (χ1) is 9.51. The summed E-state index contributed by atoms with van der Waals surface area (Å²) in [5, 5.41) is 4.86. The van der Waals surface area contributed by atoms with Gasteiger partial charge in [-0.3, -0.25) is 0 Å². The van der Waals surface area contributed by atoms with Gasteiger partial charge in [0, 0.05) is 6.04 Å². The Morgan fingerprint density at radius 2 is 1.75 bits per heavy atom. The second kappa shape index (κ2) is 6.27. The predicted molar refractivity (Wildman–Crippen MR) is 75.7 cm³/mol. The lowest BCUT2D eigenvalue weighted by molar-refractivity contribution is -0.140. The third-order valence-electron chi connectivity index (χ3n) is 3.28. The van der Waals surface area contributed by atoms with Gasteiger partial charge in [-0.2, -0.15) is 13.2 Å². The molecule has 1 atom stereocenters. The molecule has 0 aliphatic heterocycles. The van der Waals surface area contributed by atoms with Crippen LogP contribution in [0, 0.1) is 0 Å². The van der Waals surface area contributed by atoms with Crippen molar-refractivity contribution in [3.05, 3.63) is 48.0 Å². The molecule has 0 amide bonds. The molecule has 2 aromatic carbocycles. The zero-order valence-electron chi connectivity index (χ0n) is 11.4. The van der Waals surface area contributed by atoms with Gasteiger partial charge in [0.2, 0.25) is 0 Å². The van der Waals surface area contributed by atoms with Crippen molar-refractivity contribution in [2.75, 3.05) is 6.54 Å². The van der Waals surface area contributed by atoms with E-state index in [0.717, 1.165) is 17.2 Å². The molecule has 1 nitrogen and oxygen atoms in total. The predicted octanol–water partition coefficient (Wildman–Crippen LogP) is 4.83. The van der Waals surface area contributed by atoms with Crippen molar-refractivity contribution in [2.45, 2.75) is 32.0 Å². The van der Waals surface area contributed by atoms with Crippen LogP contribution >= 0.6 is 0 Å². The first-order valence-corrected chi connectivity index (χ1v) is 6.79. The van der Waals surface area contributed by atoms with Gasteiger partial charge < -0.3 is 5.32 Å². The first kappa shape index (κ1) is 14.9. The molecule has 0 saturated heterocycles. The van der Waals surface area contributed by atoms with Gasteiger partial charge in [-0.1, -0.05) is 49.4 Å². The van der Waals surface area contributed by atoms with E-state index in [2.05, 4.69) is 5.32 Å². The number of halogens is 3. The molecule has 1 unspecified atom stereocenters.